The lowest BCUT2D eigenvalue weighted by Gasteiger charge is -2.05. The average Bonchev–Trinajstić information content (AvgIpc) is 2.76. The summed E-state index contributed by atoms with van der Waals surface area (Å²) in [6.07, 6.45) is 0.619. The molecule has 1 aromatic heterocycles. The second-order valence-corrected chi connectivity index (χ2v) is 3.70. The van der Waals surface area contributed by atoms with E-state index < -0.39 is 0 Å². The molecule has 0 unspecified atom stereocenters. The largest absolute Gasteiger partial charge is 0.483 e. The fourth-order valence-electron chi connectivity index (χ4n) is 1.44. The van der Waals surface area contributed by atoms with Crippen molar-refractivity contribution in [2.45, 2.75) is 20.0 Å². The van der Waals surface area contributed by atoms with Crippen LogP contribution in [0.2, 0.25) is 0 Å². The minimum Gasteiger partial charge on any atom is -0.483 e. The number of hydrogen-bond acceptors (Lipinski definition) is 5. The third kappa shape index (κ3) is 3.04. The lowest BCUT2D eigenvalue weighted by Crippen LogP contribution is -2.04. The molecule has 1 aromatic carbocycles. The summed E-state index contributed by atoms with van der Waals surface area (Å²) in [5.41, 5.74) is 6.48. The zero-order valence-electron chi connectivity index (χ0n) is 9.72. The van der Waals surface area contributed by atoms with Crippen LogP contribution in [0, 0.1) is 6.92 Å². The Morgan fingerprint density at radius 1 is 1.35 bits per heavy atom. The number of aryl methyl sites for hydroxylation is 1. The van der Waals surface area contributed by atoms with Crippen molar-refractivity contribution in [3.05, 3.63) is 41.5 Å². The molecule has 0 bridgehead atoms. The van der Waals surface area contributed by atoms with Gasteiger partial charge in [-0.15, -0.1) is 0 Å². The van der Waals surface area contributed by atoms with Gasteiger partial charge in [-0.05, 0) is 25.1 Å². The summed E-state index contributed by atoms with van der Waals surface area (Å²) in [7, 11) is 0. The number of hydrogen-bond donors (Lipinski definition) is 1. The van der Waals surface area contributed by atoms with Crippen LogP contribution in [0.4, 0.5) is 0 Å². The van der Waals surface area contributed by atoms with Gasteiger partial charge in [0.15, 0.2) is 12.4 Å². The molecule has 5 heteroatoms. The zero-order valence-corrected chi connectivity index (χ0v) is 9.72. The maximum absolute atomic E-state index is 5.59. The smallest absolute Gasteiger partial charge is 0.264 e. The van der Waals surface area contributed by atoms with Crippen molar-refractivity contribution in [3.8, 4) is 5.75 Å². The van der Waals surface area contributed by atoms with Crippen molar-refractivity contribution in [2.24, 2.45) is 5.73 Å². The zero-order chi connectivity index (χ0) is 12.1. The van der Waals surface area contributed by atoms with Gasteiger partial charge in [0.05, 0.1) is 0 Å². The molecule has 0 aliphatic carbocycles. The van der Waals surface area contributed by atoms with Crippen LogP contribution in [0.3, 0.4) is 0 Å². The molecule has 90 valence electrons. The van der Waals surface area contributed by atoms with E-state index in [1.54, 1.807) is 0 Å². The highest BCUT2D eigenvalue weighted by Crippen LogP contribution is 2.17. The molecule has 0 fully saturated rings. The summed E-state index contributed by atoms with van der Waals surface area (Å²) < 4.78 is 10.6. The maximum Gasteiger partial charge on any atom is 0.264 e. The van der Waals surface area contributed by atoms with Crippen LogP contribution >= 0.6 is 0 Å². The van der Waals surface area contributed by atoms with Crippen molar-refractivity contribution in [1.29, 1.82) is 0 Å². The van der Waals surface area contributed by atoms with Crippen LogP contribution < -0.4 is 10.5 Å². The highest BCUT2D eigenvalue weighted by molar-refractivity contribution is 5.31. The number of nitrogens with zero attached hydrogens (tertiary/aromatic N) is 2. The molecule has 0 aliphatic rings. The Hall–Kier alpha value is -1.88. The number of nitrogens with two attached hydrogens (primary N) is 1. The van der Waals surface area contributed by atoms with Crippen molar-refractivity contribution < 1.29 is 9.26 Å². The van der Waals surface area contributed by atoms with Gasteiger partial charge >= 0.3 is 0 Å². The first-order valence-corrected chi connectivity index (χ1v) is 5.49. The van der Waals surface area contributed by atoms with Crippen molar-refractivity contribution in [3.63, 3.8) is 0 Å². The third-order valence-electron chi connectivity index (χ3n) is 2.32. The highest BCUT2D eigenvalue weighted by Gasteiger charge is 2.06. The molecule has 0 saturated carbocycles. The molecule has 2 aromatic rings. The number of aromatic nitrogens is 2. The molecule has 5 nitrogen and oxygen atoms in total. The number of benzene rings is 1. The van der Waals surface area contributed by atoms with Crippen LogP contribution in [0.1, 0.15) is 17.3 Å². The average molecular weight is 233 g/mol. The molecular weight excluding hydrogens is 218 g/mol. The fourth-order valence-corrected chi connectivity index (χ4v) is 1.44. The van der Waals surface area contributed by atoms with Gasteiger partial charge in [0.2, 0.25) is 0 Å². The first-order valence-electron chi connectivity index (χ1n) is 5.49. The van der Waals surface area contributed by atoms with Crippen LogP contribution in [-0.2, 0) is 13.0 Å². The van der Waals surface area contributed by atoms with Gasteiger partial charge in [-0.3, -0.25) is 0 Å². The molecule has 0 atom stereocenters. The minimum atomic E-state index is 0.280. The van der Waals surface area contributed by atoms with Gasteiger partial charge < -0.3 is 15.0 Å². The second kappa shape index (κ2) is 5.45. The summed E-state index contributed by atoms with van der Waals surface area (Å²) in [5.74, 6) is 1.92. The second-order valence-electron chi connectivity index (χ2n) is 3.70. The van der Waals surface area contributed by atoms with Crippen molar-refractivity contribution in [2.75, 3.05) is 6.54 Å². The van der Waals surface area contributed by atoms with E-state index in [1.807, 2.05) is 31.2 Å². The Morgan fingerprint density at radius 3 is 2.94 bits per heavy atom. The Labute approximate surface area is 99.6 Å². The molecular formula is C12H15N3O2. The molecule has 0 spiro atoms. The van der Waals surface area contributed by atoms with Crippen LogP contribution in [-0.4, -0.2) is 16.7 Å². The van der Waals surface area contributed by atoms with Crippen molar-refractivity contribution in [1.82, 2.24) is 10.1 Å². The molecule has 2 N–H and O–H groups in total. The molecule has 1 heterocycles. The summed E-state index contributed by atoms with van der Waals surface area (Å²) in [4.78, 5) is 4.16. The molecule has 0 saturated heterocycles. The monoisotopic (exact) mass is 233 g/mol. The van der Waals surface area contributed by atoms with E-state index in [0.717, 1.165) is 11.3 Å². The Bertz CT molecular complexity index is 482. The molecule has 0 radical (unpaired) electrons. The summed E-state index contributed by atoms with van der Waals surface area (Å²) in [6, 6.07) is 7.79. The lowest BCUT2D eigenvalue weighted by atomic mass is 10.2. The van der Waals surface area contributed by atoms with E-state index in [0.29, 0.717) is 24.7 Å². The van der Waals surface area contributed by atoms with Crippen LogP contribution in [0.15, 0.2) is 28.8 Å². The Morgan fingerprint density at radius 2 is 2.18 bits per heavy atom. The van der Waals surface area contributed by atoms with Gasteiger partial charge in [0.25, 0.3) is 5.89 Å². The van der Waals surface area contributed by atoms with E-state index in [9.17, 15) is 0 Å². The van der Waals surface area contributed by atoms with Gasteiger partial charge in [0.1, 0.15) is 5.75 Å². The van der Waals surface area contributed by atoms with E-state index in [4.69, 9.17) is 15.0 Å². The van der Waals surface area contributed by atoms with Gasteiger partial charge in [-0.2, -0.15) is 4.98 Å². The van der Waals surface area contributed by atoms with E-state index in [2.05, 4.69) is 10.1 Å². The van der Waals surface area contributed by atoms with E-state index >= 15 is 0 Å². The SMILES string of the molecule is Cc1ccccc1OCc1nc(CCN)no1. The summed E-state index contributed by atoms with van der Waals surface area (Å²) in [5, 5.41) is 3.79. The number of rotatable bonds is 5. The van der Waals surface area contributed by atoms with Gasteiger partial charge in [0, 0.05) is 6.42 Å². The lowest BCUT2D eigenvalue weighted by molar-refractivity contribution is 0.241. The predicted octanol–water partition coefficient (Wildman–Crippen LogP) is 1.46. The number of para-hydroxylation sites is 1. The summed E-state index contributed by atoms with van der Waals surface area (Å²) in [6.45, 7) is 2.78. The first-order chi connectivity index (χ1) is 8.29. The molecule has 0 amide bonds. The van der Waals surface area contributed by atoms with Gasteiger partial charge in [-0.25, -0.2) is 0 Å². The first kappa shape index (κ1) is 11.6. The van der Waals surface area contributed by atoms with Crippen LogP contribution in [0.25, 0.3) is 0 Å². The standard InChI is InChI=1S/C12H15N3O2/c1-9-4-2-3-5-10(9)16-8-12-14-11(6-7-13)15-17-12/h2-5H,6-8,13H2,1H3. The van der Waals surface area contributed by atoms with Crippen molar-refractivity contribution >= 4 is 0 Å². The van der Waals surface area contributed by atoms with Gasteiger partial charge in [-0.1, -0.05) is 23.4 Å². The Kier molecular flexibility index (Phi) is 3.72. The maximum atomic E-state index is 5.59. The molecule has 17 heavy (non-hydrogen) atoms. The third-order valence-corrected chi connectivity index (χ3v) is 2.32. The highest BCUT2D eigenvalue weighted by atomic mass is 16.5. The minimum absolute atomic E-state index is 0.280. The Balaban J connectivity index is 1.95. The van der Waals surface area contributed by atoms with E-state index in [-0.39, 0.29) is 6.61 Å². The summed E-state index contributed by atoms with van der Waals surface area (Å²) >= 11 is 0. The topological polar surface area (TPSA) is 74.2 Å². The van der Waals surface area contributed by atoms with E-state index in [1.165, 1.54) is 0 Å². The normalized spacial score (nSPS) is 10.5. The van der Waals surface area contributed by atoms with Crippen LogP contribution in [0.5, 0.6) is 5.75 Å². The predicted molar refractivity (Wildman–Crippen MR) is 62.6 cm³/mol. The number of ether oxygens (including phenoxy) is 1. The quantitative estimate of drug-likeness (QED) is 0.846. The molecule has 2 rings (SSSR count). The molecule has 0 aliphatic heterocycles. The fraction of sp³-hybridized carbons (Fsp3) is 0.333.